The fraction of sp³-hybridized carbons (Fsp3) is 0.333. The first-order chi connectivity index (χ1) is 15.4. The molecule has 2 aromatic rings. The number of carbonyl (C=O) groups is 4. The minimum Gasteiger partial charge on any atom is -0.462 e. The average molecular weight is 442 g/mol. The van der Waals surface area contributed by atoms with Crippen molar-refractivity contribution in [1.82, 2.24) is 0 Å². The minimum absolute atomic E-state index is 0.0975. The Hall–Kier alpha value is -3.52. The van der Waals surface area contributed by atoms with E-state index < -0.39 is 17.9 Å². The molecule has 32 heavy (non-hydrogen) atoms. The second-order valence-electron chi connectivity index (χ2n) is 6.82. The number of hydrogen-bond acceptors (Lipinski definition) is 8. The second-order valence-corrected chi connectivity index (χ2v) is 6.82. The van der Waals surface area contributed by atoms with E-state index in [0.717, 1.165) is 6.42 Å². The third kappa shape index (κ3) is 7.96. The predicted molar refractivity (Wildman–Crippen MR) is 115 cm³/mol. The van der Waals surface area contributed by atoms with Gasteiger partial charge in [-0.2, -0.15) is 0 Å². The summed E-state index contributed by atoms with van der Waals surface area (Å²) in [7, 11) is 1.61. The van der Waals surface area contributed by atoms with Gasteiger partial charge in [0.2, 0.25) is 0 Å². The van der Waals surface area contributed by atoms with Crippen molar-refractivity contribution in [2.75, 3.05) is 33.5 Å². The maximum Gasteiger partial charge on any atom is 0.338 e. The highest BCUT2D eigenvalue weighted by Crippen LogP contribution is 2.09. The van der Waals surface area contributed by atoms with Crippen molar-refractivity contribution in [3.63, 3.8) is 0 Å². The molecule has 0 spiro atoms. The molecule has 0 heterocycles. The van der Waals surface area contributed by atoms with Gasteiger partial charge in [0.1, 0.15) is 13.2 Å². The zero-order valence-corrected chi connectivity index (χ0v) is 18.1. The molecule has 0 saturated carbocycles. The molecule has 0 radical (unpaired) electrons. The number of carbonyl (C=O) groups excluding carboxylic acids is 4. The summed E-state index contributed by atoms with van der Waals surface area (Å²) in [6.45, 7) is 2.11. The molecule has 0 aliphatic rings. The van der Waals surface area contributed by atoms with Crippen LogP contribution in [-0.4, -0.2) is 57.2 Å². The molecular weight excluding hydrogens is 416 g/mol. The Kier molecular flexibility index (Phi) is 10.1. The van der Waals surface area contributed by atoms with E-state index in [1.54, 1.807) is 19.2 Å². The van der Waals surface area contributed by atoms with Crippen molar-refractivity contribution in [2.45, 2.75) is 19.8 Å². The SMILES string of the molecule is COCCCCOC(=O)c1ccc(C(=O)OCCOC(=O)c2ccc(C(C)=O)cc2)cc1. The van der Waals surface area contributed by atoms with Crippen LogP contribution in [0.15, 0.2) is 48.5 Å². The zero-order chi connectivity index (χ0) is 23.3. The van der Waals surface area contributed by atoms with E-state index in [4.69, 9.17) is 18.9 Å². The molecule has 8 heteroatoms. The second kappa shape index (κ2) is 13.0. The third-order valence-corrected chi connectivity index (χ3v) is 4.41. The molecule has 0 atom stereocenters. The van der Waals surface area contributed by atoms with Gasteiger partial charge in [-0.25, -0.2) is 14.4 Å². The first-order valence-corrected chi connectivity index (χ1v) is 10.1. The number of benzene rings is 2. The largest absolute Gasteiger partial charge is 0.462 e. The first-order valence-electron chi connectivity index (χ1n) is 10.1. The summed E-state index contributed by atoms with van der Waals surface area (Å²) in [5, 5.41) is 0. The lowest BCUT2D eigenvalue weighted by Gasteiger charge is -2.08. The highest BCUT2D eigenvalue weighted by Gasteiger charge is 2.12. The Balaban J connectivity index is 1.72. The van der Waals surface area contributed by atoms with Crippen LogP contribution in [0.5, 0.6) is 0 Å². The van der Waals surface area contributed by atoms with Crippen LogP contribution in [0.2, 0.25) is 0 Å². The van der Waals surface area contributed by atoms with Gasteiger partial charge in [0.05, 0.1) is 23.3 Å². The van der Waals surface area contributed by atoms with Crippen LogP contribution < -0.4 is 0 Å². The molecule has 0 fully saturated rings. The van der Waals surface area contributed by atoms with Gasteiger partial charge in [-0.15, -0.1) is 0 Å². The smallest absolute Gasteiger partial charge is 0.338 e. The topological polar surface area (TPSA) is 105 Å². The maximum atomic E-state index is 12.1. The van der Waals surface area contributed by atoms with Gasteiger partial charge in [-0.1, -0.05) is 12.1 Å². The molecule has 170 valence electrons. The minimum atomic E-state index is -0.605. The Bertz CT molecular complexity index is 916. The molecule has 8 nitrogen and oxygen atoms in total. The predicted octanol–water partition coefficient (Wildman–Crippen LogP) is 3.49. The van der Waals surface area contributed by atoms with Gasteiger partial charge in [0.15, 0.2) is 5.78 Å². The van der Waals surface area contributed by atoms with Gasteiger partial charge in [0, 0.05) is 19.3 Å². The fourth-order valence-corrected chi connectivity index (χ4v) is 2.62. The molecule has 0 saturated heterocycles. The molecule has 0 aromatic heterocycles. The quantitative estimate of drug-likeness (QED) is 0.213. The van der Waals surface area contributed by atoms with Gasteiger partial charge in [0.25, 0.3) is 0 Å². The number of ether oxygens (including phenoxy) is 4. The van der Waals surface area contributed by atoms with Crippen LogP contribution in [0.3, 0.4) is 0 Å². The molecular formula is C24H26O8. The highest BCUT2D eigenvalue weighted by molar-refractivity contribution is 5.96. The number of methoxy groups -OCH3 is 1. The van der Waals surface area contributed by atoms with E-state index in [0.29, 0.717) is 36.3 Å². The molecule has 2 aromatic carbocycles. The van der Waals surface area contributed by atoms with Crippen LogP contribution >= 0.6 is 0 Å². The standard InChI is InChI=1S/C24H26O8/c1-17(25)18-5-7-19(8-6-18)23(27)31-15-16-32-24(28)21-11-9-20(10-12-21)22(26)30-14-4-3-13-29-2/h5-12H,3-4,13-16H2,1-2H3. The van der Waals surface area contributed by atoms with Crippen molar-refractivity contribution in [3.05, 3.63) is 70.8 Å². The lowest BCUT2D eigenvalue weighted by molar-refractivity contribution is 0.0265. The number of ketones is 1. The van der Waals surface area contributed by atoms with E-state index in [9.17, 15) is 19.2 Å². The van der Waals surface area contributed by atoms with Crippen molar-refractivity contribution in [1.29, 1.82) is 0 Å². The lowest BCUT2D eigenvalue weighted by Crippen LogP contribution is -2.14. The molecule has 0 unspecified atom stereocenters. The van der Waals surface area contributed by atoms with Gasteiger partial charge in [-0.3, -0.25) is 4.79 Å². The molecule has 0 N–H and O–H groups in total. The summed E-state index contributed by atoms with van der Waals surface area (Å²) in [4.78, 5) is 47.3. The van der Waals surface area contributed by atoms with Crippen molar-refractivity contribution >= 4 is 23.7 Å². The number of rotatable bonds is 12. The normalized spacial score (nSPS) is 10.3. The van der Waals surface area contributed by atoms with Crippen molar-refractivity contribution < 1.29 is 38.1 Å². The highest BCUT2D eigenvalue weighted by atomic mass is 16.6. The summed E-state index contributed by atoms with van der Waals surface area (Å²) in [5.74, 6) is -1.75. The number of Topliss-reactive ketones (excluding diaryl/α,β-unsaturated/α-hetero) is 1. The van der Waals surface area contributed by atoms with E-state index in [2.05, 4.69) is 0 Å². The summed E-state index contributed by atoms with van der Waals surface area (Å²) in [6, 6.07) is 12.0. The summed E-state index contributed by atoms with van der Waals surface area (Å²) >= 11 is 0. The Morgan fingerprint density at radius 1 is 0.562 bits per heavy atom. The van der Waals surface area contributed by atoms with Gasteiger partial charge >= 0.3 is 17.9 Å². The maximum absolute atomic E-state index is 12.1. The van der Waals surface area contributed by atoms with Crippen LogP contribution in [0, 0.1) is 0 Å². The molecule has 0 aliphatic heterocycles. The summed E-state index contributed by atoms with van der Waals surface area (Å²) in [6.07, 6.45) is 1.51. The molecule has 0 aliphatic carbocycles. The van der Waals surface area contributed by atoms with E-state index in [1.165, 1.54) is 43.3 Å². The van der Waals surface area contributed by atoms with Crippen LogP contribution in [0.4, 0.5) is 0 Å². The first kappa shape index (κ1) is 24.7. The van der Waals surface area contributed by atoms with E-state index in [1.807, 2.05) is 0 Å². The zero-order valence-electron chi connectivity index (χ0n) is 18.1. The van der Waals surface area contributed by atoms with E-state index in [-0.39, 0.29) is 24.6 Å². The Morgan fingerprint density at radius 3 is 1.28 bits per heavy atom. The summed E-state index contributed by atoms with van der Waals surface area (Å²) < 4.78 is 20.2. The molecule has 0 amide bonds. The Labute approximate surface area is 186 Å². The van der Waals surface area contributed by atoms with Crippen molar-refractivity contribution in [2.24, 2.45) is 0 Å². The average Bonchev–Trinajstić information content (AvgIpc) is 2.81. The van der Waals surface area contributed by atoms with Gasteiger partial charge < -0.3 is 18.9 Å². The monoisotopic (exact) mass is 442 g/mol. The molecule has 2 rings (SSSR count). The van der Waals surface area contributed by atoms with Crippen LogP contribution in [0.1, 0.15) is 61.2 Å². The third-order valence-electron chi connectivity index (χ3n) is 4.41. The number of esters is 3. The lowest BCUT2D eigenvalue weighted by atomic mass is 10.1. The van der Waals surface area contributed by atoms with Gasteiger partial charge in [-0.05, 0) is 56.2 Å². The Morgan fingerprint density at radius 2 is 0.906 bits per heavy atom. The molecule has 0 bridgehead atoms. The number of unbranched alkanes of at least 4 members (excludes halogenated alkanes) is 1. The number of hydrogen-bond donors (Lipinski definition) is 0. The van der Waals surface area contributed by atoms with E-state index >= 15 is 0 Å². The van der Waals surface area contributed by atoms with Crippen LogP contribution in [0.25, 0.3) is 0 Å². The van der Waals surface area contributed by atoms with Crippen LogP contribution in [-0.2, 0) is 18.9 Å². The fourth-order valence-electron chi connectivity index (χ4n) is 2.62. The summed E-state index contributed by atoms with van der Waals surface area (Å²) in [5.41, 5.74) is 1.38. The van der Waals surface area contributed by atoms with Crippen molar-refractivity contribution in [3.8, 4) is 0 Å².